The molecule has 0 aromatic carbocycles. The van der Waals surface area contributed by atoms with Gasteiger partial charge in [-0.05, 0) is 32.4 Å². The molecule has 21 heavy (non-hydrogen) atoms. The van der Waals surface area contributed by atoms with E-state index < -0.39 is 0 Å². The van der Waals surface area contributed by atoms with E-state index in [0.717, 1.165) is 21.7 Å². The van der Waals surface area contributed by atoms with Crippen LogP contribution in [-0.4, -0.2) is 25.3 Å². The Labute approximate surface area is 129 Å². The van der Waals surface area contributed by atoms with Gasteiger partial charge in [0.15, 0.2) is 0 Å². The number of aliphatic imine (C=N–C) groups is 1. The summed E-state index contributed by atoms with van der Waals surface area (Å²) in [6.45, 7) is 6.11. The molecule has 0 unspecified atom stereocenters. The highest BCUT2D eigenvalue weighted by Gasteiger charge is 2.15. The van der Waals surface area contributed by atoms with Crippen LogP contribution in [0.2, 0.25) is 0 Å². The van der Waals surface area contributed by atoms with Crippen molar-refractivity contribution in [2.45, 2.75) is 20.8 Å². The minimum atomic E-state index is -0.111. The third-order valence-electron chi connectivity index (χ3n) is 2.92. The van der Waals surface area contributed by atoms with E-state index in [2.05, 4.69) is 10.3 Å². The molecule has 0 spiro atoms. The molecular formula is C15H22N4OS. The van der Waals surface area contributed by atoms with E-state index in [4.69, 9.17) is 11.5 Å². The van der Waals surface area contributed by atoms with Crippen molar-refractivity contribution in [3.8, 4) is 0 Å². The van der Waals surface area contributed by atoms with Crippen LogP contribution in [0.15, 0.2) is 33.8 Å². The van der Waals surface area contributed by atoms with Gasteiger partial charge in [-0.2, -0.15) is 0 Å². The molecule has 1 amide bonds. The van der Waals surface area contributed by atoms with Gasteiger partial charge in [-0.15, -0.1) is 11.3 Å². The van der Waals surface area contributed by atoms with Gasteiger partial charge in [-0.3, -0.25) is 9.79 Å². The van der Waals surface area contributed by atoms with E-state index in [1.54, 1.807) is 12.4 Å². The van der Waals surface area contributed by atoms with Crippen molar-refractivity contribution in [3.63, 3.8) is 0 Å². The summed E-state index contributed by atoms with van der Waals surface area (Å²) in [5.74, 6) is 0.344. The maximum Gasteiger partial charge on any atom is 0.252 e. The lowest BCUT2D eigenvalue weighted by molar-refractivity contribution is 0.0957. The Kier molecular flexibility index (Phi) is 6.17. The fourth-order valence-corrected chi connectivity index (χ4v) is 2.66. The Morgan fingerprint density at radius 2 is 2.05 bits per heavy atom. The van der Waals surface area contributed by atoms with E-state index in [1.807, 2.05) is 32.9 Å². The Hall–Kier alpha value is -2.08. The van der Waals surface area contributed by atoms with Crippen LogP contribution in [0.1, 0.15) is 34.6 Å². The summed E-state index contributed by atoms with van der Waals surface area (Å²) in [5, 5.41) is 4.69. The number of nitrogens with two attached hydrogens (primary N) is 2. The molecule has 0 saturated carbocycles. The monoisotopic (exact) mass is 306 g/mol. The van der Waals surface area contributed by atoms with Crippen molar-refractivity contribution in [2.24, 2.45) is 16.5 Å². The summed E-state index contributed by atoms with van der Waals surface area (Å²) < 4.78 is 0. The molecule has 0 aliphatic rings. The first-order valence-electron chi connectivity index (χ1n) is 6.55. The average molecular weight is 306 g/mol. The summed E-state index contributed by atoms with van der Waals surface area (Å²) in [7, 11) is 1.63. The number of thiophene rings is 1. The number of allylic oxidation sites excluding steroid dienone is 3. The van der Waals surface area contributed by atoms with E-state index in [-0.39, 0.29) is 5.91 Å². The van der Waals surface area contributed by atoms with Gasteiger partial charge in [0.05, 0.1) is 10.4 Å². The molecule has 0 aliphatic heterocycles. The molecular weight excluding hydrogens is 284 g/mol. The van der Waals surface area contributed by atoms with Gasteiger partial charge in [0.1, 0.15) is 5.84 Å². The van der Waals surface area contributed by atoms with Crippen LogP contribution in [0.3, 0.4) is 0 Å². The molecule has 1 heterocycles. The quantitative estimate of drug-likeness (QED) is 0.441. The van der Waals surface area contributed by atoms with Crippen LogP contribution in [0.4, 0.5) is 0 Å². The van der Waals surface area contributed by atoms with Gasteiger partial charge in [-0.25, -0.2) is 0 Å². The third-order valence-corrected chi connectivity index (χ3v) is 4.02. The van der Waals surface area contributed by atoms with E-state index in [1.165, 1.54) is 11.3 Å². The molecule has 1 aromatic rings. The minimum absolute atomic E-state index is 0.111. The fourth-order valence-electron chi connectivity index (χ4n) is 1.64. The van der Waals surface area contributed by atoms with Crippen molar-refractivity contribution in [1.29, 1.82) is 0 Å². The van der Waals surface area contributed by atoms with Crippen molar-refractivity contribution >= 4 is 23.1 Å². The first-order chi connectivity index (χ1) is 9.86. The van der Waals surface area contributed by atoms with Gasteiger partial charge in [0.2, 0.25) is 0 Å². The number of carbonyl (C=O) groups is 1. The molecule has 0 radical (unpaired) electrons. The van der Waals surface area contributed by atoms with Gasteiger partial charge >= 0.3 is 0 Å². The zero-order valence-corrected chi connectivity index (χ0v) is 13.7. The van der Waals surface area contributed by atoms with Crippen molar-refractivity contribution in [1.82, 2.24) is 5.32 Å². The number of rotatable bonds is 5. The van der Waals surface area contributed by atoms with Gasteiger partial charge in [0.25, 0.3) is 5.91 Å². The normalized spacial score (nSPS) is 13.4. The lowest BCUT2D eigenvalue weighted by Gasteiger charge is -2.05. The number of amidine groups is 1. The summed E-state index contributed by atoms with van der Waals surface area (Å²) in [6.07, 6.45) is 3.71. The molecule has 114 valence electrons. The molecule has 5 N–H and O–H groups in total. The number of nitrogens with zero attached hydrogens (tertiary/aromatic N) is 1. The van der Waals surface area contributed by atoms with Gasteiger partial charge in [0, 0.05) is 24.7 Å². The molecule has 0 aliphatic carbocycles. The second-order valence-electron chi connectivity index (χ2n) is 4.82. The molecule has 0 fully saturated rings. The van der Waals surface area contributed by atoms with Crippen LogP contribution in [0.5, 0.6) is 0 Å². The maximum atomic E-state index is 12.2. The van der Waals surface area contributed by atoms with Crippen molar-refractivity contribution in [2.75, 3.05) is 13.6 Å². The highest BCUT2D eigenvalue weighted by atomic mass is 32.1. The Morgan fingerprint density at radius 3 is 2.62 bits per heavy atom. The predicted molar refractivity (Wildman–Crippen MR) is 89.7 cm³/mol. The standard InChI is InChI=1S/C15H22N4OS/c1-9(5-6-10(2)16)7-19-15(20)12-8-21-13(11(12)3)14(17)18-4/h5-6,8H,7,16H2,1-4H3,(H2,17,18)(H,19,20)/b9-5-,10-6+. The molecule has 5 nitrogen and oxygen atoms in total. The molecule has 0 atom stereocenters. The summed E-state index contributed by atoms with van der Waals surface area (Å²) in [6, 6.07) is 0. The first kappa shape index (κ1) is 17.0. The minimum Gasteiger partial charge on any atom is -0.402 e. The zero-order valence-electron chi connectivity index (χ0n) is 12.9. The molecule has 6 heteroatoms. The second kappa shape index (κ2) is 7.64. The van der Waals surface area contributed by atoms with Gasteiger partial charge < -0.3 is 16.8 Å². The fraction of sp³-hybridized carbons (Fsp3) is 0.333. The topological polar surface area (TPSA) is 93.5 Å². The number of hydrogen-bond acceptors (Lipinski definition) is 4. The van der Waals surface area contributed by atoms with Crippen LogP contribution in [0.25, 0.3) is 0 Å². The van der Waals surface area contributed by atoms with Crippen LogP contribution in [-0.2, 0) is 0 Å². The van der Waals surface area contributed by atoms with E-state index in [0.29, 0.717) is 17.9 Å². The summed E-state index contributed by atoms with van der Waals surface area (Å²) in [4.78, 5) is 17.0. The molecule has 0 saturated heterocycles. The maximum absolute atomic E-state index is 12.2. The Balaban J connectivity index is 2.76. The number of nitrogens with one attached hydrogen (secondary N) is 1. The van der Waals surface area contributed by atoms with Crippen molar-refractivity contribution < 1.29 is 4.79 Å². The lowest BCUT2D eigenvalue weighted by atomic mass is 10.1. The highest BCUT2D eigenvalue weighted by molar-refractivity contribution is 7.12. The largest absolute Gasteiger partial charge is 0.402 e. The van der Waals surface area contributed by atoms with Crippen LogP contribution in [0, 0.1) is 6.92 Å². The highest BCUT2D eigenvalue weighted by Crippen LogP contribution is 2.21. The second-order valence-corrected chi connectivity index (χ2v) is 5.70. The van der Waals surface area contributed by atoms with Crippen LogP contribution < -0.4 is 16.8 Å². The SMILES string of the molecule is C/N=C(/N)c1scc(C(=O)NC/C(C)=C\C=C(/C)N)c1C. The number of amides is 1. The predicted octanol–water partition coefficient (Wildman–Crippen LogP) is 1.93. The van der Waals surface area contributed by atoms with Crippen LogP contribution >= 0.6 is 11.3 Å². The number of hydrogen-bond donors (Lipinski definition) is 3. The van der Waals surface area contributed by atoms with E-state index in [9.17, 15) is 4.79 Å². The zero-order chi connectivity index (χ0) is 16.0. The van der Waals surface area contributed by atoms with Crippen molar-refractivity contribution in [3.05, 3.63) is 44.8 Å². The average Bonchev–Trinajstić information content (AvgIpc) is 2.83. The molecule has 1 rings (SSSR count). The lowest BCUT2D eigenvalue weighted by Crippen LogP contribution is -2.25. The van der Waals surface area contributed by atoms with Gasteiger partial charge in [-0.1, -0.05) is 11.6 Å². The first-order valence-corrected chi connectivity index (χ1v) is 7.43. The summed E-state index contributed by atoms with van der Waals surface area (Å²) >= 11 is 1.43. The number of carbonyl (C=O) groups excluding carboxylic acids is 1. The molecule has 1 aromatic heterocycles. The smallest absolute Gasteiger partial charge is 0.252 e. The molecule has 0 bridgehead atoms. The third kappa shape index (κ3) is 4.75. The van der Waals surface area contributed by atoms with E-state index >= 15 is 0 Å². The summed E-state index contributed by atoms with van der Waals surface area (Å²) in [5.41, 5.74) is 14.6. The Bertz CT molecular complexity index is 607. The Morgan fingerprint density at radius 1 is 1.38 bits per heavy atom.